The molecule has 2 aliphatic rings. The average molecular weight is 369 g/mol. The molecule has 2 rings (SSSR count). The summed E-state index contributed by atoms with van der Waals surface area (Å²) in [6, 6.07) is 0.154. The Balaban J connectivity index is 0.00000242. The number of carbonyl (C=O) groups is 2. The van der Waals surface area contributed by atoms with E-state index in [-0.39, 0.29) is 48.6 Å². The first kappa shape index (κ1) is 22.4. The summed E-state index contributed by atoms with van der Waals surface area (Å²) < 4.78 is 0. The van der Waals surface area contributed by atoms with Crippen molar-refractivity contribution < 1.29 is 9.59 Å². The molecule has 0 bridgehead atoms. The van der Waals surface area contributed by atoms with E-state index in [9.17, 15) is 9.59 Å². The van der Waals surface area contributed by atoms with Crippen LogP contribution in [0, 0.1) is 5.92 Å². The summed E-state index contributed by atoms with van der Waals surface area (Å²) in [6.45, 7) is 3.88. The van der Waals surface area contributed by atoms with Crippen molar-refractivity contribution in [3.63, 3.8) is 0 Å². The Hall–Kier alpha value is -0.560. The molecule has 1 aliphatic heterocycles. The van der Waals surface area contributed by atoms with E-state index in [1.54, 1.807) is 0 Å². The van der Waals surface area contributed by atoms with Crippen molar-refractivity contribution in [3.8, 4) is 0 Å². The number of nitrogens with two attached hydrogens (primary N) is 1. The first-order chi connectivity index (χ1) is 10.1. The number of hydrogen-bond acceptors (Lipinski definition) is 4. The van der Waals surface area contributed by atoms with Gasteiger partial charge < -0.3 is 20.9 Å². The minimum Gasteiger partial charge on any atom is -0.355 e. The van der Waals surface area contributed by atoms with Crippen molar-refractivity contribution in [1.29, 1.82) is 0 Å². The van der Waals surface area contributed by atoms with Crippen LogP contribution in [0.3, 0.4) is 0 Å². The number of likely N-dealkylation sites (N-methyl/N-ethyl adjacent to an activating group) is 1. The lowest BCUT2D eigenvalue weighted by molar-refractivity contribution is -0.132. The van der Waals surface area contributed by atoms with Gasteiger partial charge in [0.05, 0.1) is 0 Å². The molecule has 0 aromatic heterocycles. The van der Waals surface area contributed by atoms with Gasteiger partial charge in [-0.25, -0.2) is 0 Å². The standard InChI is InChI=1S/C15H28N4O2.2ClH/c1-18-7-9-19(10-8-18)14(20)5-6-17-15(21)12-3-2-4-13(16)11-12;;/h12-13H,2-11,16H2,1H3,(H,17,21);2*1H. The third kappa shape index (κ3) is 7.25. The number of amides is 2. The molecule has 1 heterocycles. The fourth-order valence-corrected chi connectivity index (χ4v) is 3.12. The number of nitrogens with zero attached hydrogens (tertiary/aromatic N) is 2. The first-order valence-corrected chi connectivity index (χ1v) is 8.06. The first-order valence-electron chi connectivity index (χ1n) is 8.06. The summed E-state index contributed by atoms with van der Waals surface area (Å²) in [6.07, 6.45) is 4.14. The van der Waals surface area contributed by atoms with Crippen LogP contribution in [-0.2, 0) is 9.59 Å². The second kappa shape index (κ2) is 11.1. The minimum atomic E-state index is 0. The fraction of sp³-hybridized carbons (Fsp3) is 0.867. The minimum absolute atomic E-state index is 0. The van der Waals surface area contributed by atoms with E-state index in [0.717, 1.165) is 51.9 Å². The fourth-order valence-electron chi connectivity index (χ4n) is 3.12. The van der Waals surface area contributed by atoms with Crippen molar-refractivity contribution in [2.75, 3.05) is 39.8 Å². The van der Waals surface area contributed by atoms with Gasteiger partial charge in [0.2, 0.25) is 11.8 Å². The van der Waals surface area contributed by atoms with Gasteiger partial charge in [-0.2, -0.15) is 0 Å². The van der Waals surface area contributed by atoms with Crippen LogP contribution in [0.25, 0.3) is 0 Å². The number of halogens is 2. The van der Waals surface area contributed by atoms with E-state index in [0.29, 0.717) is 13.0 Å². The number of piperazine rings is 1. The van der Waals surface area contributed by atoms with Crippen molar-refractivity contribution in [2.45, 2.75) is 38.1 Å². The number of nitrogens with one attached hydrogen (secondary N) is 1. The lowest BCUT2D eigenvalue weighted by atomic mass is 9.85. The molecule has 2 unspecified atom stereocenters. The highest BCUT2D eigenvalue weighted by Gasteiger charge is 2.25. The molecule has 23 heavy (non-hydrogen) atoms. The Kier molecular flexibility index (Phi) is 10.8. The van der Waals surface area contributed by atoms with Crippen LogP contribution in [0.5, 0.6) is 0 Å². The summed E-state index contributed by atoms with van der Waals surface area (Å²) in [4.78, 5) is 28.2. The molecule has 1 aliphatic carbocycles. The Morgan fingerprint density at radius 2 is 1.78 bits per heavy atom. The van der Waals surface area contributed by atoms with Gasteiger partial charge in [0, 0.05) is 51.1 Å². The predicted molar refractivity (Wildman–Crippen MR) is 96.1 cm³/mol. The maximum Gasteiger partial charge on any atom is 0.224 e. The van der Waals surface area contributed by atoms with Crippen LogP contribution in [0.2, 0.25) is 0 Å². The van der Waals surface area contributed by atoms with Gasteiger partial charge in [-0.05, 0) is 26.3 Å². The van der Waals surface area contributed by atoms with Gasteiger partial charge in [-0.3, -0.25) is 9.59 Å². The van der Waals surface area contributed by atoms with E-state index in [4.69, 9.17) is 5.73 Å². The maximum absolute atomic E-state index is 12.1. The molecule has 2 amide bonds. The molecular weight excluding hydrogens is 339 g/mol. The van der Waals surface area contributed by atoms with Gasteiger partial charge in [0.25, 0.3) is 0 Å². The van der Waals surface area contributed by atoms with Gasteiger partial charge >= 0.3 is 0 Å². The predicted octanol–water partition coefficient (Wildman–Crippen LogP) is 0.628. The molecule has 1 saturated heterocycles. The van der Waals surface area contributed by atoms with Crippen molar-refractivity contribution in [3.05, 3.63) is 0 Å². The van der Waals surface area contributed by atoms with Crippen LogP contribution in [-0.4, -0.2) is 67.4 Å². The highest BCUT2D eigenvalue weighted by atomic mass is 35.5. The average Bonchev–Trinajstić information content (AvgIpc) is 2.47. The third-order valence-electron chi connectivity index (χ3n) is 4.58. The van der Waals surface area contributed by atoms with Crippen LogP contribution in [0.4, 0.5) is 0 Å². The van der Waals surface area contributed by atoms with Gasteiger partial charge in [0.1, 0.15) is 0 Å². The Morgan fingerprint density at radius 3 is 2.39 bits per heavy atom. The lowest BCUT2D eigenvalue weighted by Gasteiger charge is -2.32. The summed E-state index contributed by atoms with van der Waals surface area (Å²) in [5.74, 6) is 0.243. The summed E-state index contributed by atoms with van der Waals surface area (Å²) in [5.41, 5.74) is 5.90. The monoisotopic (exact) mass is 368 g/mol. The smallest absolute Gasteiger partial charge is 0.224 e. The Labute approximate surface area is 151 Å². The quantitative estimate of drug-likeness (QED) is 0.762. The molecule has 2 fully saturated rings. The van der Waals surface area contributed by atoms with E-state index in [1.807, 2.05) is 4.90 Å². The number of carbonyl (C=O) groups excluding carboxylic acids is 2. The molecule has 8 heteroatoms. The normalized spacial score (nSPS) is 25.0. The van der Waals surface area contributed by atoms with Crippen LogP contribution in [0.15, 0.2) is 0 Å². The van der Waals surface area contributed by atoms with E-state index in [1.165, 1.54) is 0 Å². The SMILES string of the molecule is CN1CCN(C(=O)CCNC(=O)C2CCCC(N)C2)CC1.Cl.Cl. The second-order valence-corrected chi connectivity index (χ2v) is 6.35. The zero-order chi connectivity index (χ0) is 15.2. The number of hydrogen-bond donors (Lipinski definition) is 2. The van der Waals surface area contributed by atoms with Crippen LogP contribution >= 0.6 is 24.8 Å². The molecule has 1 saturated carbocycles. The highest BCUT2D eigenvalue weighted by Crippen LogP contribution is 2.23. The number of rotatable bonds is 4. The van der Waals surface area contributed by atoms with Crippen LogP contribution in [0.1, 0.15) is 32.1 Å². The summed E-state index contributed by atoms with van der Waals surface area (Å²) >= 11 is 0. The Morgan fingerprint density at radius 1 is 1.13 bits per heavy atom. The molecule has 6 nitrogen and oxygen atoms in total. The molecule has 0 spiro atoms. The van der Waals surface area contributed by atoms with E-state index < -0.39 is 0 Å². The van der Waals surface area contributed by atoms with E-state index in [2.05, 4.69) is 17.3 Å². The zero-order valence-corrected chi connectivity index (χ0v) is 15.5. The van der Waals surface area contributed by atoms with Gasteiger partial charge in [-0.1, -0.05) is 6.42 Å². The molecule has 0 radical (unpaired) electrons. The third-order valence-corrected chi connectivity index (χ3v) is 4.58. The second-order valence-electron chi connectivity index (χ2n) is 6.35. The molecule has 2 atom stereocenters. The Bertz CT molecular complexity index is 376. The molecule has 0 aromatic rings. The topological polar surface area (TPSA) is 78.7 Å². The van der Waals surface area contributed by atoms with Crippen molar-refractivity contribution >= 4 is 36.6 Å². The molecule has 3 N–H and O–H groups in total. The summed E-state index contributed by atoms with van der Waals surface area (Å²) in [7, 11) is 2.07. The zero-order valence-electron chi connectivity index (χ0n) is 13.8. The molecule has 0 aromatic carbocycles. The van der Waals surface area contributed by atoms with Crippen molar-refractivity contribution in [2.24, 2.45) is 11.7 Å². The molecular formula is C15H30Cl2N4O2. The molecule has 136 valence electrons. The van der Waals surface area contributed by atoms with Gasteiger partial charge in [-0.15, -0.1) is 24.8 Å². The maximum atomic E-state index is 12.1. The van der Waals surface area contributed by atoms with Crippen LogP contribution < -0.4 is 11.1 Å². The largest absolute Gasteiger partial charge is 0.355 e. The summed E-state index contributed by atoms with van der Waals surface area (Å²) in [5, 5.41) is 2.90. The lowest BCUT2D eigenvalue weighted by Crippen LogP contribution is -2.48. The van der Waals surface area contributed by atoms with Crippen molar-refractivity contribution in [1.82, 2.24) is 15.1 Å². The highest BCUT2D eigenvalue weighted by molar-refractivity contribution is 5.85. The van der Waals surface area contributed by atoms with E-state index >= 15 is 0 Å². The van der Waals surface area contributed by atoms with Gasteiger partial charge in [0.15, 0.2) is 0 Å².